The molecular formula is C15H20F4N2. The molecule has 1 N–H and O–H groups in total. The van der Waals surface area contributed by atoms with Gasteiger partial charge in [-0.05, 0) is 49.7 Å². The highest BCUT2D eigenvalue weighted by Crippen LogP contribution is 2.30. The lowest BCUT2D eigenvalue weighted by molar-refractivity contribution is -0.137. The summed E-state index contributed by atoms with van der Waals surface area (Å²) in [5.74, 6) is -0.849. The summed E-state index contributed by atoms with van der Waals surface area (Å²) < 4.78 is 51.0. The van der Waals surface area contributed by atoms with Crippen LogP contribution in [0.4, 0.5) is 17.6 Å². The highest BCUT2D eigenvalue weighted by molar-refractivity contribution is 5.26. The van der Waals surface area contributed by atoms with Crippen LogP contribution in [0.25, 0.3) is 0 Å². The number of hydrogen-bond donors (Lipinski definition) is 1. The van der Waals surface area contributed by atoms with Crippen LogP contribution in [-0.2, 0) is 12.7 Å². The Labute approximate surface area is 122 Å². The van der Waals surface area contributed by atoms with Crippen LogP contribution in [0.2, 0.25) is 0 Å². The van der Waals surface area contributed by atoms with Crippen molar-refractivity contribution in [1.29, 1.82) is 0 Å². The molecule has 0 bridgehead atoms. The summed E-state index contributed by atoms with van der Waals surface area (Å²) in [7, 11) is 0. The van der Waals surface area contributed by atoms with E-state index in [9.17, 15) is 17.6 Å². The van der Waals surface area contributed by atoms with Crippen molar-refractivity contribution >= 4 is 0 Å². The summed E-state index contributed by atoms with van der Waals surface area (Å²) in [6.07, 6.45) is -0.824. The highest BCUT2D eigenvalue weighted by Gasteiger charge is 2.31. The topological polar surface area (TPSA) is 15.3 Å². The summed E-state index contributed by atoms with van der Waals surface area (Å²) >= 11 is 0. The molecule has 0 aliphatic carbocycles. The predicted octanol–water partition coefficient (Wildman–Crippen LogP) is 3.42. The fourth-order valence-electron chi connectivity index (χ4n) is 2.57. The third kappa shape index (κ3) is 5.28. The molecule has 1 aliphatic rings. The van der Waals surface area contributed by atoms with Crippen LogP contribution in [0.1, 0.15) is 30.4 Å². The molecule has 1 aliphatic heterocycles. The number of nitrogens with zero attached hydrogens (tertiary/aromatic N) is 1. The molecule has 0 amide bonds. The van der Waals surface area contributed by atoms with Gasteiger partial charge < -0.3 is 10.2 Å². The second-order valence-electron chi connectivity index (χ2n) is 5.42. The van der Waals surface area contributed by atoms with Crippen LogP contribution in [0, 0.1) is 5.82 Å². The van der Waals surface area contributed by atoms with Crippen molar-refractivity contribution in [2.75, 3.05) is 26.2 Å². The first-order chi connectivity index (χ1) is 9.95. The molecule has 0 radical (unpaired) electrons. The van der Waals surface area contributed by atoms with Crippen molar-refractivity contribution in [3.63, 3.8) is 0 Å². The zero-order valence-electron chi connectivity index (χ0n) is 11.8. The fourth-order valence-corrected chi connectivity index (χ4v) is 2.57. The second-order valence-corrected chi connectivity index (χ2v) is 5.42. The van der Waals surface area contributed by atoms with E-state index in [0.29, 0.717) is 18.2 Å². The number of halogens is 4. The van der Waals surface area contributed by atoms with Gasteiger partial charge in [-0.3, -0.25) is 0 Å². The number of rotatable bonds is 5. The Morgan fingerprint density at radius 2 is 1.76 bits per heavy atom. The first-order valence-corrected chi connectivity index (χ1v) is 7.25. The monoisotopic (exact) mass is 304 g/mol. The van der Waals surface area contributed by atoms with Crippen molar-refractivity contribution < 1.29 is 17.6 Å². The Morgan fingerprint density at radius 3 is 2.43 bits per heavy atom. The van der Waals surface area contributed by atoms with Crippen molar-refractivity contribution in [3.05, 3.63) is 35.1 Å². The van der Waals surface area contributed by atoms with Gasteiger partial charge in [-0.15, -0.1) is 0 Å². The maximum atomic E-state index is 13.2. The molecule has 1 heterocycles. The summed E-state index contributed by atoms with van der Waals surface area (Å²) in [5, 5.41) is 3.08. The molecule has 2 nitrogen and oxygen atoms in total. The van der Waals surface area contributed by atoms with E-state index in [-0.39, 0.29) is 6.54 Å². The molecular weight excluding hydrogens is 284 g/mol. The van der Waals surface area contributed by atoms with Crippen LogP contribution >= 0.6 is 0 Å². The number of benzene rings is 1. The predicted molar refractivity (Wildman–Crippen MR) is 73.4 cm³/mol. The van der Waals surface area contributed by atoms with Gasteiger partial charge in [-0.25, -0.2) is 4.39 Å². The van der Waals surface area contributed by atoms with Gasteiger partial charge in [0.2, 0.25) is 0 Å². The van der Waals surface area contributed by atoms with Gasteiger partial charge in [0.05, 0.1) is 5.56 Å². The fraction of sp³-hybridized carbons (Fsp3) is 0.600. The van der Waals surface area contributed by atoms with E-state index >= 15 is 0 Å². The van der Waals surface area contributed by atoms with E-state index < -0.39 is 17.6 Å². The largest absolute Gasteiger partial charge is 0.416 e. The van der Waals surface area contributed by atoms with Gasteiger partial charge in [0, 0.05) is 19.6 Å². The van der Waals surface area contributed by atoms with Gasteiger partial charge in [0.25, 0.3) is 0 Å². The molecule has 1 aromatic carbocycles. The lowest BCUT2D eigenvalue weighted by atomic mass is 10.1. The zero-order valence-corrected chi connectivity index (χ0v) is 11.8. The van der Waals surface area contributed by atoms with Crippen LogP contribution in [-0.4, -0.2) is 31.1 Å². The molecule has 118 valence electrons. The normalized spacial score (nSPS) is 17.1. The molecule has 0 unspecified atom stereocenters. The van der Waals surface area contributed by atoms with Crippen molar-refractivity contribution in [1.82, 2.24) is 10.2 Å². The van der Waals surface area contributed by atoms with Gasteiger partial charge >= 0.3 is 6.18 Å². The van der Waals surface area contributed by atoms with E-state index in [1.807, 2.05) is 0 Å². The standard InChI is InChI=1S/C15H20F4N2/c16-14-9-12(8-13(10-14)15(17,18)19)11-20-4-7-21-5-2-1-3-6-21/h8-10,20H,1-7,11H2. The first-order valence-electron chi connectivity index (χ1n) is 7.25. The Kier molecular flexibility index (Phi) is 5.58. The lowest BCUT2D eigenvalue weighted by Gasteiger charge is -2.26. The molecule has 21 heavy (non-hydrogen) atoms. The van der Waals surface area contributed by atoms with Crippen LogP contribution < -0.4 is 5.32 Å². The van der Waals surface area contributed by atoms with Gasteiger partial charge in [-0.2, -0.15) is 13.2 Å². The van der Waals surface area contributed by atoms with Crippen molar-refractivity contribution in [2.45, 2.75) is 32.0 Å². The van der Waals surface area contributed by atoms with E-state index in [0.717, 1.165) is 31.8 Å². The summed E-state index contributed by atoms with van der Waals surface area (Å²) in [6, 6.07) is 2.66. The molecule has 0 spiro atoms. The molecule has 1 aromatic rings. The van der Waals surface area contributed by atoms with E-state index in [1.165, 1.54) is 19.3 Å². The maximum Gasteiger partial charge on any atom is 0.416 e. The Hall–Kier alpha value is -1.14. The van der Waals surface area contributed by atoms with Gasteiger partial charge in [0.15, 0.2) is 0 Å². The highest BCUT2D eigenvalue weighted by atomic mass is 19.4. The lowest BCUT2D eigenvalue weighted by Crippen LogP contribution is -2.35. The first kappa shape index (κ1) is 16.2. The maximum absolute atomic E-state index is 13.2. The van der Waals surface area contributed by atoms with Crippen LogP contribution in [0.5, 0.6) is 0 Å². The minimum atomic E-state index is -4.51. The molecule has 6 heteroatoms. The quantitative estimate of drug-likeness (QED) is 0.662. The third-order valence-electron chi connectivity index (χ3n) is 3.67. The zero-order chi connectivity index (χ0) is 15.3. The van der Waals surface area contributed by atoms with E-state index in [1.54, 1.807) is 0 Å². The molecule has 0 saturated carbocycles. The second kappa shape index (κ2) is 7.22. The molecule has 0 aromatic heterocycles. The SMILES string of the molecule is Fc1cc(CNCCN2CCCCC2)cc(C(F)(F)F)c1. The average Bonchev–Trinajstić information content (AvgIpc) is 2.43. The Bertz CT molecular complexity index is 453. The van der Waals surface area contributed by atoms with Crippen LogP contribution in [0.15, 0.2) is 18.2 Å². The van der Waals surface area contributed by atoms with Crippen molar-refractivity contribution in [3.8, 4) is 0 Å². The van der Waals surface area contributed by atoms with E-state index in [2.05, 4.69) is 10.2 Å². The van der Waals surface area contributed by atoms with Gasteiger partial charge in [0.1, 0.15) is 5.82 Å². The summed E-state index contributed by atoms with van der Waals surface area (Å²) in [4.78, 5) is 2.34. The number of piperidine rings is 1. The Morgan fingerprint density at radius 1 is 1.05 bits per heavy atom. The molecule has 2 rings (SSSR count). The van der Waals surface area contributed by atoms with Crippen LogP contribution in [0.3, 0.4) is 0 Å². The Balaban J connectivity index is 1.81. The number of alkyl halides is 3. The molecule has 1 saturated heterocycles. The van der Waals surface area contributed by atoms with Crippen molar-refractivity contribution in [2.24, 2.45) is 0 Å². The molecule has 0 atom stereocenters. The number of hydrogen-bond acceptors (Lipinski definition) is 2. The number of nitrogens with one attached hydrogen (secondary N) is 1. The smallest absolute Gasteiger partial charge is 0.311 e. The van der Waals surface area contributed by atoms with Gasteiger partial charge in [-0.1, -0.05) is 6.42 Å². The molecule has 1 fully saturated rings. The average molecular weight is 304 g/mol. The minimum absolute atomic E-state index is 0.245. The minimum Gasteiger partial charge on any atom is -0.311 e. The third-order valence-corrected chi connectivity index (χ3v) is 3.67. The number of likely N-dealkylation sites (tertiary alicyclic amines) is 1. The summed E-state index contributed by atoms with van der Waals surface area (Å²) in [5.41, 5.74) is -0.615. The van der Waals surface area contributed by atoms with E-state index in [4.69, 9.17) is 0 Å². The summed E-state index contributed by atoms with van der Waals surface area (Å²) in [6.45, 7) is 3.98.